The highest BCUT2D eigenvalue weighted by Crippen LogP contribution is 2.10. The first-order valence-corrected chi connectivity index (χ1v) is 6.95. The summed E-state index contributed by atoms with van der Waals surface area (Å²) >= 11 is 0. The third-order valence-electron chi connectivity index (χ3n) is 2.88. The summed E-state index contributed by atoms with van der Waals surface area (Å²) in [5.74, 6) is -0.227. The molecule has 0 radical (unpaired) electrons. The number of benzene rings is 2. The van der Waals surface area contributed by atoms with E-state index in [2.05, 4.69) is 10.6 Å². The topological polar surface area (TPSA) is 67.4 Å². The lowest BCUT2D eigenvalue weighted by Gasteiger charge is -2.19. The van der Waals surface area contributed by atoms with Gasteiger partial charge in [0.25, 0.3) is 12.1 Å². The molecule has 0 aromatic heterocycles. The average Bonchev–Trinajstić information content (AvgIpc) is 2.53. The van der Waals surface area contributed by atoms with Gasteiger partial charge in [-0.3, -0.25) is 9.59 Å². The van der Waals surface area contributed by atoms with Gasteiger partial charge in [0.2, 0.25) is 5.91 Å². The highest BCUT2D eigenvalue weighted by molar-refractivity contribution is 5.85. The van der Waals surface area contributed by atoms with Crippen LogP contribution >= 0.6 is 0 Å². The van der Waals surface area contributed by atoms with E-state index >= 15 is 0 Å². The fraction of sp³-hybridized carbons (Fsp3) is 0.176. The number of hydrogen-bond acceptors (Lipinski definition) is 3. The number of hydrogen-bond donors (Lipinski definition) is 2. The maximum absolute atomic E-state index is 12.2. The Morgan fingerprint density at radius 2 is 1.59 bits per heavy atom. The minimum Gasteiger partial charge on any atom is -0.461 e. The molecule has 1 unspecified atom stereocenters. The summed E-state index contributed by atoms with van der Waals surface area (Å²) in [6, 6.07) is 18.4. The summed E-state index contributed by atoms with van der Waals surface area (Å²) in [5.41, 5.74) is 0.970. The molecule has 0 aliphatic rings. The van der Waals surface area contributed by atoms with Crippen molar-refractivity contribution in [3.05, 3.63) is 66.2 Å². The Kier molecular flexibility index (Phi) is 5.54. The van der Waals surface area contributed by atoms with Crippen LogP contribution in [-0.2, 0) is 16.1 Å². The zero-order valence-corrected chi connectivity index (χ0v) is 12.3. The van der Waals surface area contributed by atoms with E-state index in [9.17, 15) is 9.59 Å². The van der Waals surface area contributed by atoms with Crippen molar-refractivity contribution in [2.24, 2.45) is 0 Å². The molecule has 0 heterocycles. The fourth-order valence-corrected chi connectivity index (χ4v) is 1.85. The van der Waals surface area contributed by atoms with Gasteiger partial charge in [-0.2, -0.15) is 0 Å². The number of carbonyl (C=O) groups is 2. The predicted molar refractivity (Wildman–Crippen MR) is 83.0 cm³/mol. The van der Waals surface area contributed by atoms with Gasteiger partial charge in [0, 0.05) is 13.5 Å². The second-order valence-corrected chi connectivity index (χ2v) is 4.71. The van der Waals surface area contributed by atoms with Crippen LogP contribution in [0.2, 0.25) is 0 Å². The van der Waals surface area contributed by atoms with E-state index in [0.29, 0.717) is 12.3 Å². The molecular formula is C17H18N2O3. The Bertz CT molecular complexity index is 614. The van der Waals surface area contributed by atoms with Crippen molar-refractivity contribution in [3.63, 3.8) is 0 Å². The van der Waals surface area contributed by atoms with Crippen molar-refractivity contribution >= 4 is 11.8 Å². The Labute approximate surface area is 129 Å². The van der Waals surface area contributed by atoms with Gasteiger partial charge in [-0.25, -0.2) is 0 Å². The van der Waals surface area contributed by atoms with Crippen LogP contribution in [0, 0.1) is 0 Å². The van der Waals surface area contributed by atoms with Gasteiger partial charge in [0.05, 0.1) is 0 Å². The van der Waals surface area contributed by atoms with Crippen molar-refractivity contribution in [3.8, 4) is 5.75 Å². The third kappa shape index (κ3) is 4.94. The highest BCUT2D eigenvalue weighted by atomic mass is 16.5. The quantitative estimate of drug-likeness (QED) is 0.800. The summed E-state index contributed by atoms with van der Waals surface area (Å²) < 4.78 is 5.53. The van der Waals surface area contributed by atoms with Crippen molar-refractivity contribution < 1.29 is 14.3 Å². The monoisotopic (exact) mass is 298 g/mol. The Hall–Kier alpha value is -2.82. The van der Waals surface area contributed by atoms with E-state index in [1.165, 1.54) is 6.92 Å². The average molecular weight is 298 g/mol. The van der Waals surface area contributed by atoms with Crippen LogP contribution in [0.25, 0.3) is 0 Å². The summed E-state index contributed by atoms with van der Waals surface area (Å²) in [7, 11) is 0. The molecule has 2 aromatic carbocycles. The van der Waals surface area contributed by atoms with Crippen molar-refractivity contribution in [2.45, 2.75) is 19.7 Å². The standard InChI is InChI=1S/C17H18N2O3/c1-13(20)19-17(22-15-10-6-3-7-11-15)16(21)18-12-14-8-4-2-5-9-14/h2-11,17H,12H2,1H3,(H,18,21)(H,19,20). The summed E-state index contributed by atoms with van der Waals surface area (Å²) in [6.45, 7) is 1.71. The van der Waals surface area contributed by atoms with Crippen LogP contribution in [0.15, 0.2) is 60.7 Å². The molecule has 0 bridgehead atoms. The fourth-order valence-electron chi connectivity index (χ4n) is 1.85. The number of ether oxygens (including phenoxy) is 1. The minimum absolute atomic E-state index is 0.337. The summed E-state index contributed by atoms with van der Waals surface area (Å²) in [5, 5.41) is 5.24. The van der Waals surface area contributed by atoms with E-state index in [1.54, 1.807) is 24.3 Å². The molecular weight excluding hydrogens is 280 g/mol. The van der Waals surface area contributed by atoms with Crippen LogP contribution < -0.4 is 15.4 Å². The molecule has 1 atom stereocenters. The zero-order chi connectivity index (χ0) is 15.8. The molecule has 0 spiro atoms. The van der Waals surface area contributed by atoms with Crippen LogP contribution in [0.3, 0.4) is 0 Å². The van der Waals surface area contributed by atoms with E-state index in [1.807, 2.05) is 36.4 Å². The lowest BCUT2D eigenvalue weighted by molar-refractivity contribution is -0.134. The Balaban J connectivity index is 1.98. The molecule has 0 aliphatic carbocycles. The number of para-hydroxylation sites is 1. The second kappa shape index (κ2) is 7.83. The zero-order valence-electron chi connectivity index (χ0n) is 12.3. The van der Waals surface area contributed by atoms with Gasteiger partial charge >= 0.3 is 0 Å². The van der Waals surface area contributed by atoms with Crippen molar-refractivity contribution in [1.82, 2.24) is 10.6 Å². The normalized spacial score (nSPS) is 11.3. The van der Waals surface area contributed by atoms with E-state index in [-0.39, 0.29) is 5.91 Å². The van der Waals surface area contributed by atoms with Gasteiger partial charge in [-0.1, -0.05) is 48.5 Å². The maximum atomic E-state index is 12.2. The van der Waals surface area contributed by atoms with Crippen molar-refractivity contribution in [2.75, 3.05) is 0 Å². The molecule has 22 heavy (non-hydrogen) atoms. The third-order valence-corrected chi connectivity index (χ3v) is 2.88. The highest BCUT2D eigenvalue weighted by Gasteiger charge is 2.20. The number of nitrogens with one attached hydrogen (secondary N) is 2. The predicted octanol–water partition coefficient (Wildman–Crippen LogP) is 1.84. The summed E-state index contributed by atoms with van der Waals surface area (Å²) in [4.78, 5) is 23.5. The molecule has 5 nitrogen and oxygen atoms in total. The lowest BCUT2D eigenvalue weighted by atomic mass is 10.2. The van der Waals surface area contributed by atoms with Crippen LogP contribution in [0.1, 0.15) is 12.5 Å². The molecule has 0 fully saturated rings. The molecule has 2 N–H and O–H groups in total. The lowest BCUT2D eigenvalue weighted by Crippen LogP contribution is -2.49. The van der Waals surface area contributed by atoms with Crippen LogP contribution in [0.4, 0.5) is 0 Å². The molecule has 5 heteroatoms. The molecule has 0 aliphatic heterocycles. The number of rotatable bonds is 6. The number of amides is 2. The van der Waals surface area contributed by atoms with Gasteiger partial charge in [0.15, 0.2) is 0 Å². The van der Waals surface area contributed by atoms with Gasteiger partial charge in [-0.15, -0.1) is 0 Å². The van der Waals surface area contributed by atoms with Crippen molar-refractivity contribution in [1.29, 1.82) is 0 Å². The molecule has 2 aromatic rings. The SMILES string of the molecule is CC(=O)NC(Oc1ccccc1)C(=O)NCc1ccccc1. The minimum atomic E-state index is -1.07. The van der Waals surface area contributed by atoms with E-state index in [0.717, 1.165) is 5.56 Å². The van der Waals surface area contributed by atoms with Gasteiger partial charge in [-0.05, 0) is 17.7 Å². The van der Waals surface area contributed by atoms with Crippen LogP contribution in [-0.4, -0.2) is 18.0 Å². The maximum Gasteiger partial charge on any atom is 0.282 e. The number of carbonyl (C=O) groups excluding carboxylic acids is 2. The molecule has 2 rings (SSSR count). The second-order valence-electron chi connectivity index (χ2n) is 4.71. The molecule has 0 saturated heterocycles. The van der Waals surface area contributed by atoms with E-state index in [4.69, 9.17) is 4.74 Å². The van der Waals surface area contributed by atoms with Crippen LogP contribution in [0.5, 0.6) is 5.75 Å². The first-order chi connectivity index (χ1) is 10.6. The molecule has 0 saturated carbocycles. The Morgan fingerprint density at radius 1 is 1.00 bits per heavy atom. The largest absolute Gasteiger partial charge is 0.461 e. The smallest absolute Gasteiger partial charge is 0.282 e. The molecule has 2 amide bonds. The Morgan fingerprint density at radius 3 is 2.18 bits per heavy atom. The van der Waals surface area contributed by atoms with Gasteiger partial charge < -0.3 is 15.4 Å². The summed E-state index contributed by atoms with van der Waals surface area (Å²) in [6.07, 6.45) is -1.07. The first-order valence-electron chi connectivity index (χ1n) is 6.95. The van der Waals surface area contributed by atoms with Gasteiger partial charge in [0.1, 0.15) is 5.75 Å². The van der Waals surface area contributed by atoms with E-state index < -0.39 is 12.1 Å². The first kappa shape index (κ1) is 15.6. The molecule has 114 valence electrons.